The van der Waals surface area contributed by atoms with Crippen molar-refractivity contribution in [1.82, 2.24) is 4.98 Å². The molecule has 1 aromatic heterocycles. The van der Waals surface area contributed by atoms with Gasteiger partial charge >= 0.3 is 0 Å². The minimum atomic E-state index is -0.114. The molecule has 0 aliphatic carbocycles. The van der Waals surface area contributed by atoms with Crippen LogP contribution in [0.3, 0.4) is 0 Å². The van der Waals surface area contributed by atoms with Crippen molar-refractivity contribution in [2.45, 2.75) is 13.8 Å². The minimum Gasteiger partial charge on any atom is -0.503 e. The zero-order valence-electron chi connectivity index (χ0n) is 11.6. The average Bonchev–Trinajstić information content (AvgIpc) is 2.88. The van der Waals surface area contributed by atoms with Gasteiger partial charge in [0.25, 0.3) is 0 Å². The van der Waals surface area contributed by atoms with Gasteiger partial charge in [-0.3, -0.25) is 4.79 Å². The summed E-state index contributed by atoms with van der Waals surface area (Å²) in [5.74, 6) is 0.0866. The molecule has 0 bridgehead atoms. The Labute approximate surface area is 131 Å². The SMILES string of the molecule is CCOc1cc(/C=C/C(=O)c2scnc2C)cc(Cl)c1O. The van der Waals surface area contributed by atoms with E-state index in [1.165, 1.54) is 17.4 Å². The number of hydrogen-bond acceptors (Lipinski definition) is 5. The second-order valence-corrected chi connectivity index (χ2v) is 5.51. The lowest BCUT2D eigenvalue weighted by atomic mass is 10.1. The number of halogens is 1. The Morgan fingerprint density at radius 3 is 2.90 bits per heavy atom. The van der Waals surface area contributed by atoms with Gasteiger partial charge in [-0.2, -0.15) is 0 Å². The number of carbonyl (C=O) groups excluding carboxylic acids is 1. The number of ketones is 1. The molecular weight excluding hydrogens is 310 g/mol. The molecule has 1 N–H and O–H groups in total. The molecule has 0 atom stereocenters. The van der Waals surface area contributed by atoms with Gasteiger partial charge in [0.15, 0.2) is 17.3 Å². The number of benzene rings is 1. The molecule has 0 unspecified atom stereocenters. The van der Waals surface area contributed by atoms with Crippen LogP contribution in [0.1, 0.15) is 27.9 Å². The van der Waals surface area contributed by atoms with E-state index in [1.54, 1.807) is 30.6 Å². The van der Waals surface area contributed by atoms with Crippen LogP contribution in [-0.4, -0.2) is 22.5 Å². The molecule has 0 saturated heterocycles. The molecule has 1 aromatic carbocycles. The number of ether oxygens (including phenoxy) is 1. The van der Waals surface area contributed by atoms with Crippen LogP contribution in [0.4, 0.5) is 0 Å². The largest absolute Gasteiger partial charge is 0.503 e. The Hall–Kier alpha value is -1.85. The Bertz CT molecular complexity index is 694. The van der Waals surface area contributed by atoms with E-state index < -0.39 is 0 Å². The summed E-state index contributed by atoms with van der Waals surface area (Å²) in [6, 6.07) is 3.21. The highest BCUT2D eigenvalue weighted by molar-refractivity contribution is 7.12. The smallest absolute Gasteiger partial charge is 0.197 e. The highest BCUT2D eigenvalue weighted by Crippen LogP contribution is 2.35. The highest BCUT2D eigenvalue weighted by Gasteiger charge is 2.10. The summed E-state index contributed by atoms with van der Waals surface area (Å²) in [5, 5.41) is 9.94. The van der Waals surface area contributed by atoms with Crippen molar-refractivity contribution in [2.75, 3.05) is 6.61 Å². The fourth-order valence-corrected chi connectivity index (χ4v) is 2.68. The summed E-state index contributed by atoms with van der Waals surface area (Å²) >= 11 is 7.25. The third kappa shape index (κ3) is 3.62. The van der Waals surface area contributed by atoms with E-state index in [4.69, 9.17) is 16.3 Å². The number of thiazole rings is 1. The summed E-state index contributed by atoms with van der Waals surface area (Å²) in [6.45, 7) is 4.02. The number of aromatic hydroxyl groups is 1. The van der Waals surface area contributed by atoms with E-state index in [-0.39, 0.29) is 16.6 Å². The van der Waals surface area contributed by atoms with Crippen LogP contribution in [0.2, 0.25) is 5.02 Å². The van der Waals surface area contributed by atoms with Gasteiger partial charge in [0.2, 0.25) is 0 Å². The monoisotopic (exact) mass is 323 g/mol. The first-order valence-electron chi connectivity index (χ1n) is 6.30. The van der Waals surface area contributed by atoms with Gasteiger partial charge in [-0.15, -0.1) is 11.3 Å². The van der Waals surface area contributed by atoms with E-state index in [2.05, 4.69) is 4.98 Å². The zero-order valence-corrected chi connectivity index (χ0v) is 13.2. The summed E-state index contributed by atoms with van der Waals surface area (Å²) in [5.41, 5.74) is 3.03. The van der Waals surface area contributed by atoms with E-state index in [0.29, 0.717) is 28.5 Å². The molecule has 0 spiro atoms. The van der Waals surface area contributed by atoms with Gasteiger partial charge in [0.1, 0.15) is 0 Å². The lowest BCUT2D eigenvalue weighted by Crippen LogP contribution is -1.94. The van der Waals surface area contributed by atoms with Crippen LogP contribution in [-0.2, 0) is 0 Å². The maximum absolute atomic E-state index is 12.0. The van der Waals surface area contributed by atoms with Crippen LogP contribution in [0.25, 0.3) is 6.08 Å². The highest BCUT2D eigenvalue weighted by atomic mass is 35.5. The first kappa shape index (κ1) is 15.5. The van der Waals surface area contributed by atoms with Gasteiger partial charge in [-0.25, -0.2) is 4.98 Å². The quantitative estimate of drug-likeness (QED) is 0.664. The summed E-state index contributed by atoms with van der Waals surface area (Å²) in [6.07, 6.45) is 3.09. The van der Waals surface area contributed by atoms with Gasteiger partial charge in [-0.1, -0.05) is 17.7 Å². The predicted molar refractivity (Wildman–Crippen MR) is 84.5 cm³/mol. The third-order valence-corrected chi connectivity index (χ3v) is 3.98. The number of aryl methyl sites for hydroxylation is 1. The number of phenols is 1. The van der Waals surface area contributed by atoms with Gasteiger partial charge in [0, 0.05) is 0 Å². The standard InChI is InChI=1S/C15H14ClNO3S/c1-3-20-13-7-10(6-11(16)14(13)19)4-5-12(18)15-9(2)17-8-21-15/h4-8,19H,3H2,1-2H3/b5-4+. The van der Waals surface area contributed by atoms with Crippen molar-refractivity contribution in [3.05, 3.63) is 44.9 Å². The van der Waals surface area contributed by atoms with E-state index in [9.17, 15) is 9.90 Å². The average molecular weight is 324 g/mol. The second-order valence-electron chi connectivity index (χ2n) is 4.25. The zero-order chi connectivity index (χ0) is 15.4. The van der Waals surface area contributed by atoms with Gasteiger partial charge in [-0.05, 0) is 37.6 Å². The van der Waals surface area contributed by atoms with Crippen molar-refractivity contribution in [1.29, 1.82) is 0 Å². The fraction of sp³-hybridized carbons (Fsp3) is 0.200. The first-order valence-corrected chi connectivity index (χ1v) is 7.56. The van der Waals surface area contributed by atoms with Crippen molar-refractivity contribution in [2.24, 2.45) is 0 Å². The summed E-state index contributed by atoms with van der Waals surface area (Å²) in [7, 11) is 0. The van der Waals surface area contributed by atoms with E-state index in [1.807, 2.05) is 6.92 Å². The molecular formula is C15H14ClNO3S. The first-order chi connectivity index (χ1) is 10.0. The maximum atomic E-state index is 12.0. The number of allylic oxidation sites excluding steroid dienone is 1. The topological polar surface area (TPSA) is 59.4 Å². The van der Waals surface area contributed by atoms with Gasteiger partial charge < -0.3 is 9.84 Å². The summed E-state index contributed by atoms with van der Waals surface area (Å²) < 4.78 is 5.30. The lowest BCUT2D eigenvalue weighted by Gasteiger charge is -2.08. The molecule has 0 aliphatic heterocycles. The van der Waals surface area contributed by atoms with Crippen molar-refractivity contribution >= 4 is 34.8 Å². The third-order valence-electron chi connectivity index (χ3n) is 2.75. The summed E-state index contributed by atoms with van der Waals surface area (Å²) in [4.78, 5) is 16.7. The Morgan fingerprint density at radius 1 is 1.52 bits per heavy atom. The Balaban J connectivity index is 2.25. The lowest BCUT2D eigenvalue weighted by molar-refractivity contribution is 0.105. The Morgan fingerprint density at radius 2 is 2.29 bits per heavy atom. The molecule has 0 aliphatic rings. The second kappa shape index (κ2) is 6.74. The number of carbonyl (C=O) groups is 1. The number of nitrogens with zero attached hydrogens (tertiary/aromatic N) is 1. The fourth-order valence-electron chi connectivity index (χ4n) is 1.74. The normalized spacial score (nSPS) is 11.0. The van der Waals surface area contributed by atoms with E-state index in [0.717, 1.165) is 0 Å². The number of aromatic nitrogens is 1. The molecule has 110 valence electrons. The van der Waals surface area contributed by atoms with Crippen LogP contribution < -0.4 is 4.74 Å². The van der Waals surface area contributed by atoms with Gasteiger partial charge in [0.05, 0.1) is 27.7 Å². The molecule has 0 amide bonds. The minimum absolute atomic E-state index is 0.0969. The molecule has 4 nitrogen and oxygen atoms in total. The molecule has 1 heterocycles. The molecule has 2 aromatic rings. The van der Waals surface area contributed by atoms with Crippen LogP contribution in [0, 0.1) is 6.92 Å². The van der Waals surface area contributed by atoms with Crippen molar-refractivity contribution in [3.63, 3.8) is 0 Å². The molecule has 0 saturated carbocycles. The number of rotatable bonds is 5. The number of hydrogen-bond donors (Lipinski definition) is 1. The van der Waals surface area contributed by atoms with Crippen LogP contribution >= 0.6 is 22.9 Å². The van der Waals surface area contributed by atoms with Crippen molar-refractivity contribution < 1.29 is 14.6 Å². The molecule has 0 fully saturated rings. The van der Waals surface area contributed by atoms with Crippen LogP contribution in [0.5, 0.6) is 11.5 Å². The van der Waals surface area contributed by atoms with Crippen molar-refractivity contribution in [3.8, 4) is 11.5 Å². The number of phenolic OH excluding ortho intramolecular Hbond substituents is 1. The Kier molecular flexibility index (Phi) is 4.98. The molecule has 21 heavy (non-hydrogen) atoms. The molecule has 6 heteroatoms. The molecule has 0 radical (unpaired) electrons. The van der Waals surface area contributed by atoms with E-state index >= 15 is 0 Å². The van der Waals surface area contributed by atoms with Crippen LogP contribution in [0.15, 0.2) is 23.7 Å². The predicted octanol–water partition coefficient (Wildman–Crippen LogP) is 4.11. The maximum Gasteiger partial charge on any atom is 0.197 e. The molecule has 2 rings (SSSR count).